The van der Waals surface area contributed by atoms with Crippen molar-refractivity contribution in [3.63, 3.8) is 0 Å². The van der Waals surface area contributed by atoms with Crippen molar-refractivity contribution in [1.82, 2.24) is 9.88 Å². The number of Topliss-reactive ketones (excluding diaryl/α,β-unsaturated/α-hetero) is 1. The van der Waals surface area contributed by atoms with Crippen LogP contribution < -0.4 is 0 Å². The molecule has 1 fully saturated rings. The first-order valence-corrected chi connectivity index (χ1v) is 7.34. The van der Waals surface area contributed by atoms with Gasteiger partial charge in [0.25, 0.3) is 0 Å². The molecule has 1 aliphatic heterocycles. The van der Waals surface area contributed by atoms with Crippen molar-refractivity contribution in [3.05, 3.63) is 30.1 Å². The van der Waals surface area contributed by atoms with E-state index in [1.54, 1.807) is 12.4 Å². The van der Waals surface area contributed by atoms with E-state index in [2.05, 4.69) is 23.7 Å². The van der Waals surface area contributed by atoms with Gasteiger partial charge in [0.2, 0.25) is 0 Å². The summed E-state index contributed by atoms with van der Waals surface area (Å²) in [4.78, 5) is 19.1. The minimum atomic E-state index is -0.302. The van der Waals surface area contributed by atoms with E-state index in [0.29, 0.717) is 12.2 Å². The summed E-state index contributed by atoms with van der Waals surface area (Å²) < 4.78 is 0. The van der Waals surface area contributed by atoms with Crippen LogP contribution in [0.4, 0.5) is 0 Å². The highest BCUT2D eigenvalue weighted by Gasteiger charge is 2.37. The fourth-order valence-corrected chi connectivity index (χ4v) is 2.86. The molecule has 0 aromatic carbocycles. The number of aromatic nitrogens is 1. The second-order valence-electron chi connectivity index (χ2n) is 5.63. The number of pyridine rings is 1. The van der Waals surface area contributed by atoms with Gasteiger partial charge < -0.3 is 0 Å². The highest BCUT2D eigenvalue weighted by atomic mass is 16.1. The Kier molecular flexibility index (Phi) is 4.70. The fourth-order valence-electron chi connectivity index (χ4n) is 2.86. The quantitative estimate of drug-likeness (QED) is 0.816. The lowest BCUT2D eigenvalue weighted by Gasteiger charge is -2.42. The number of rotatable bonds is 5. The normalized spacial score (nSPS) is 19.9. The van der Waals surface area contributed by atoms with Crippen LogP contribution in [-0.2, 0) is 11.2 Å². The van der Waals surface area contributed by atoms with Crippen molar-refractivity contribution in [2.24, 2.45) is 0 Å². The number of likely N-dealkylation sites (tertiary alicyclic amines) is 1. The van der Waals surface area contributed by atoms with E-state index < -0.39 is 0 Å². The van der Waals surface area contributed by atoms with Gasteiger partial charge in [0.1, 0.15) is 0 Å². The van der Waals surface area contributed by atoms with E-state index in [1.165, 1.54) is 19.3 Å². The van der Waals surface area contributed by atoms with Crippen molar-refractivity contribution in [2.45, 2.75) is 51.5 Å². The van der Waals surface area contributed by atoms with Crippen molar-refractivity contribution < 1.29 is 4.79 Å². The van der Waals surface area contributed by atoms with E-state index in [1.807, 2.05) is 12.1 Å². The molecule has 3 nitrogen and oxygen atoms in total. The van der Waals surface area contributed by atoms with Crippen LogP contribution >= 0.6 is 0 Å². The van der Waals surface area contributed by atoms with Crippen LogP contribution in [0.25, 0.3) is 0 Å². The average molecular weight is 260 g/mol. The Morgan fingerprint density at radius 2 is 1.89 bits per heavy atom. The number of carbonyl (C=O) groups excluding carboxylic acids is 1. The summed E-state index contributed by atoms with van der Waals surface area (Å²) in [5, 5.41) is 0. The summed E-state index contributed by atoms with van der Waals surface area (Å²) in [5.41, 5.74) is 0.764. The molecule has 0 amide bonds. The topological polar surface area (TPSA) is 33.2 Å². The molecule has 1 atom stereocenters. The van der Waals surface area contributed by atoms with E-state index >= 15 is 0 Å². The summed E-state index contributed by atoms with van der Waals surface area (Å²) in [6.45, 7) is 6.36. The summed E-state index contributed by atoms with van der Waals surface area (Å²) in [6.07, 6.45) is 8.66. The molecule has 1 unspecified atom stereocenters. The van der Waals surface area contributed by atoms with E-state index in [-0.39, 0.29) is 5.54 Å². The molecule has 1 aliphatic rings. The Labute approximate surface area is 116 Å². The number of carbonyl (C=O) groups is 1. The smallest absolute Gasteiger partial charge is 0.157 e. The molecule has 2 heterocycles. The maximum Gasteiger partial charge on any atom is 0.157 e. The predicted octanol–water partition coefficient (Wildman–Crippen LogP) is 2.85. The number of ketones is 1. The third-order valence-corrected chi connectivity index (χ3v) is 4.46. The zero-order valence-electron chi connectivity index (χ0n) is 12.1. The zero-order chi connectivity index (χ0) is 13.7. The molecule has 0 aliphatic carbocycles. The van der Waals surface area contributed by atoms with Crippen LogP contribution in [0.1, 0.15) is 45.1 Å². The van der Waals surface area contributed by atoms with Gasteiger partial charge in [0, 0.05) is 18.8 Å². The molecule has 1 aromatic rings. The minimum Gasteiger partial charge on any atom is -0.297 e. The van der Waals surface area contributed by atoms with E-state index in [4.69, 9.17) is 0 Å². The number of hydrogen-bond acceptors (Lipinski definition) is 3. The summed E-state index contributed by atoms with van der Waals surface area (Å²) in [7, 11) is 0. The third-order valence-electron chi connectivity index (χ3n) is 4.46. The van der Waals surface area contributed by atoms with Crippen LogP contribution in [0.3, 0.4) is 0 Å². The SMILES string of the molecule is CCC(C)(C(=O)Cc1ccncc1)N1CCCCC1. The molecule has 19 heavy (non-hydrogen) atoms. The van der Waals surface area contributed by atoms with Gasteiger partial charge in [-0.1, -0.05) is 13.3 Å². The molecule has 104 valence electrons. The Morgan fingerprint density at radius 3 is 2.47 bits per heavy atom. The monoisotopic (exact) mass is 260 g/mol. The molecule has 0 N–H and O–H groups in total. The molecule has 0 spiro atoms. The maximum absolute atomic E-state index is 12.7. The van der Waals surface area contributed by atoms with Gasteiger partial charge in [-0.15, -0.1) is 0 Å². The molecular formula is C16H24N2O. The van der Waals surface area contributed by atoms with Gasteiger partial charge in [0.05, 0.1) is 5.54 Å². The van der Waals surface area contributed by atoms with Gasteiger partial charge in [0.15, 0.2) is 5.78 Å². The van der Waals surface area contributed by atoms with Crippen LogP contribution in [0.2, 0.25) is 0 Å². The lowest BCUT2D eigenvalue weighted by molar-refractivity contribution is -0.130. The summed E-state index contributed by atoms with van der Waals surface area (Å²) in [6, 6.07) is 3.87. The Hall–Kier alpha value is -1.22. The van der Waals surface area contributed by atoms with Gasteiger partial charge >= 0.3 is 0 Å². The predicted molar refractivity (Wildman–Crippen MR) is 77.1 cm³/mol. The lowest BCUT2D eigenvalue weighted by atomic mass is 9.86. The van der Waals surface area contributed by atoms with E-state index in [9.17, 15) is 4.79 Å². The number of piperidine rings is 1. The Morgan fingerprint density at radius 1 is 1.26 bits per heavy atom. The third kappa shape index (κ3) is 3.21. The molecule has 3 heteroatoms. The highest BCUT2D eigenvalue weighted by molar-refractivity contribution is 5.89. The molecule has 0 saturated carbocycles. The molecular weight excluding hydrogens is 236 g/mol. The zero-order valence-corrected chi connectivity index (χ0v) is 12.1. The van der Waals surface area contributed by atoms with Gasteiger partial charge in [-0.05, 0) is 57.0 Å². The molecule has 2 rings (SSSR count). The highest BCUT2D eigenvalue weighted by Crippen LogP contribution is 2.26. The average Bonchev–Trinajstić information content (AvgIpc) is 2.48. The second kappa shape index (κ2) is 6.29. The largest absolute Gasteiger partial charge is 0.297 e. The van der Waals surface area contributed by atoms with Crippen LogP contribution in [0, 0.1) is 0 Å². The lowest BCUT2D eigenvalue weighted by Crippen LogP contribution is -2.54. The van der Waals surface area contributed by atoms with Crippen molar-refractivity contribution in [1.29, 1.82) is 0 Å². The maximum atomic E-state index is 12.7. The first kappa shape index (κ1) is 14.2. The van der Waals surface area contributed by atoms with Crippen molar-refractivity contribution >= 4 is 5.78 Å². The summed E-state index contributed by atoms with van der Waals surface area (Å²) in [5.74, 6) is 0.336. The van der Waals surface area contributed by atoms with Gasteiger partial charge in [-0.2, -0.15) is 0 Å². The fraction of sp³-hybridized carbons (Fsp3) is 0.625. The first-order chi connectivity index (χ1) is 9.16. The molecule has 1 saturated heterocycles. The van der Waals surface area contributed by atoms with E-state index in [0.717, 1.165) is 25.1 Å². The second-order valence-corrected chi connectivity index (χ2v) is 5.63. The number of hydrogen-bond donors (Lipinski definition) is 0. The van der Waals surface area contributed by atoms with Crippen molar-refractivity contribution in [3.8, 4) is 0 Å². The van der Waals surface area contributed by atoms with Gasteiger partial charge in [-0.25, -0.2) is 0 Å². The first-order valence-electron chi connectivity index (χ1n) is 7.34. The van der Waals surface area contributed by atoms with Crippen molar-refractivity contribution in [2.75, 3.05) is 13.1 Å². The number of nitrogens with zero attached hydrogens (tertiary/aromatic N) is 2. The Balaban J connectivity index is 2.09. The summed E-state index contributed by atoms with van der Waals surface area (Å²) >= 11 is 0. The van der Waals surface area contributed by atoms with Crippen LogP contribution in [-0.4, -0.2) is 34.3 Å². The molecule has 0 radical (unpaired) electrons. The standard InChI is InChI=1S/C16H24N2O/c1-3-16(2,18-11-5-4-6-12-18)15(19)13-14-7-9-17-10-8-14/h7-10H,3-6,11-13H2,1-2H3. The molecule has 0 bridgehead atoms. The van der Waals surface area contributed by atoms with Crippen LogP contribution in [0.5, 0.6) is 0 Å². The van der Waals surface area contributed by atoms with Gasteiger partial charge in [-0.3, -0.25) is 14.7 Å². The van der Waals surface area contributed by atoms with Crippen LogP contribution in [0.15, 0.2) is 24.5 Å². The molecule has 1 aromatic heterocycles. The minimum absolute atomic E-state index is 0.302. The Bertz CT molecular complexity index is 412.